The van der Waals surface area contributed by atoms with Crippen LogP contribution in [-0.2, 0) is 9.53 Å². The number of methoxy groups -OCH3 is 1. The van der Waals surface area contributed by atoms with E-state index in [-0.39, 0.29) is 17.9 Å². The maximum Gasteiger partial charge on any atom is 0.409 e. The van der Waals surface area contributed by atoms with Crippen molar-refractivity contribution >= 4 is 38.7 Å². The van der Waals surface area contributed by atoms with Gasteiger partial charge in [-0.1, -0.05) is 11.3 Å². The summed E-state index contributed by atoms with van der Waals surface area (Å²) in [6.45, 7) is 6.08. The maximum absolute atomic E-state index is 13.0. The van der Waals surface area contributed by atoms with E-state index in [1.54, 1.807) is 30.3 Å². The molecule has 8 nitrogen and oxygen atoms in total. The van der Waals surface area contributed by atoms with Crippen molar-refractivity contribution in [2.24, 2.45) is 5.92 Å². The molecule has 0 aliphatic carbocycles. The maximum atomic E-state index is 13.0. The largest absolute Gasteiger partial charge is 0.497 e. The van der Waals surface area contributed by atoms with Gasteiger partial charge in [0.05, 0.1) is 23.9 Å². The van der Waals surface area contributed by atoms with E-state index in [2.05, 4.69) is 4.90 Å². The Labute approximate surface area is 180 Å². The van der Waals surface area contributed by atoms with Crippen molar-refractivity contribution < 1.29 is 19.1 Å². The Morgan fingerprint density at radius 3 is 2.47 bits per heavy atom. The lowest BCUT2D eigenvalue weighted by Gasteiger charge is -2.38. The summed E-state index contributed by atoms with van der Waals surface area (Å²) in [5.74, 6) is 1.10. The number of amides is 2. The molecule has 1 aromatic heterocycles. The first-order valence-corrected chi connectivity index (χ1v) is 11.3. The zero-order valence-electron chi connectivity index (χ0n) is 17.5. The number of anilines is 1. The van der Waals surface area contributed by atoms with E-state index in [0.29, 0.717) is 32.8 Å². The molecule has 0 atom stereocenters. The highest BCUT2D eigenvalue weighted by atomic mass is 32.1. The summed E-state index contributed by atoms with van der Waals surface area (Å²) in [6, 6.07) is 5.93. The molecule has 0 unspecified atom stereocenters. The standard InChI is InChI=1S/C21H28N4O4S/c1-3-29-21(27)25-12-10-23(11-13-25)19(26)15-6-8-24(9-7-15)20-22-17-5-4-16(28-2)14-18(17)30-20/h4-5,14-15H,3,6-13H2,1-2H3. The van der Waals surface area contributed by atoms with Gasteiger partial charge in [-0.3, -0.25) is 4.79 Å². The van der Waals surface area contributed by atoms with E-state index in [1.807, 2.05) is 23.1 Å². The quantitative estimate of drug-likeness (QED) is 0.740. The van der Waals surface area contributed by atoms with E-state index in [9.17, 15) is 9.59 Å². The SMILES string of the molecule is CCOC(=O)N1CCN(C(=O)C2CCN(c3nc4ccc(OC)cc4s3)CC2)CC1. The lowest BCUT2D eigenvalue weighted by Crippen LogP contribution is -2.53. The van der Waals surface area contributed by atoms with Crippen LogP contribution in [0.15, 0.2) is 18.2 Å². The Hall–Kier alpha value is -2.55. The lowest BCUT2D eigenvalue weighted by atomic mass is 9.95. The second kappa shape index (κ2) is 9.07. The minimum Gasteiger partial charge on any atom is -0.497 e. The van der Waals surface area contributed by atoms with Gasteiger partial charge < -0.3 is 24.2 Å². The Morgan fingerprint density at radius 1 is 1.10 bits per heavy atom. The Morgan fingerprint density at radius 2 is 1.80 bits per heavy atom. The van der Waals surface area contributed by atoms with Crippen LogP contribution in [-0.4, -0.2) is 79.8 Å². The number of hydrogen-bond acceptors (Lipinski definition) is 7. The first-order valence-electron chi connectivity index (χ1n) is 10.5. The van der Waals surface area contributed by atoms with Crippen molar-refractivity contribution in [3.05, 3.63) is 18.2 Å². The smallest absolute Gasteiger partial charge is 0.409 e. The van der Waals surface area contributed by atoms with Crippen molar-refractivity contribution in [1.29, 1.82) is 0 Å². The minimum absolute atomic E-state index is 0.0462. The predicted molar refractivity (Wildman–Crippen MR) is 116 cm³/mol. The first-order chi connectivity index (χ1) is 14.6. The van der Waals surface area contributed by atoms with Gasteiger partial charge in [0.2, 0.25) is 5.91 Å². The highest BCUT2D eigenvalue weighted by Gasteiger charge is 2.32. The number of thiazole rings is 1. The number of hydrogen-bond donors (Lipinski definition) is 0. The van der Waals surface area contributed by atoms with Gasteiger partial charge in [0.1, 0.15) is 5.75 Å². The molecule has 2 aliphatic rings. The fourth-order valence-electron chi connectivity index (χ4n) is 4.06. The molecule has 0 bridgehead atoms. The molecule has 2 saturated heterocycles. The van der Waals surface area contributed by atoms with Crippen LogP contribution in [0.1, 0.15) is 19.8 Å². The molecule has 9 heteroatoms. The fraction of sp³-hybridized carbons (Fsp3) is 0.571. The second-order valence-corrected chi connectivity index (χ2v) is 8.61. The van der Waals surface area contributed by atoms with Crippen LogP contribution in [0.25, 0.3) is 10.2 Å². The average molecular weight is 433 g/mol. The van der Waals surface area contributed by atoms with Crippen molar-refractivity contribution in [3.63, 3.8) is 0 Å². The van der Waals surface area contributed by atoms with Gasteiger partial charge in [0.15, 0.2) is 5.13 Å². The van der Waals surface area contributed by atoms with Crippen LogP contribution >= 0.6 is 11.3 Å². The Balaban J connectivity index is 1.30. The minimum atomic E-state index is -0.286. The topological polar surface area (TPSA) is 75.2 Å². The molecule has 3 heterocycles. The predicted octanol–water partition coefficient (Wildman–Crippen LogP) is 2.82. The van der Waals surface area contributed by atoms with Crippen molar-refractivity contribution in [3.8, 4) is 5.75 Å². The third kappa shape index (κ3) is 4.30. The molecule has 2 aliphatic heterocycles. The molecule has 0 N–H and O–H groups in total. The Bertz CT molecular complexity index is 902. The molecule has 2 amide bonds. The van der Waals surface area contributed by atoms with E-state index >= 15 is 0 Å². The third-order valence-electron chi connectivity index (χ3n) is 5.82. The number of carbonyl (C=O) groups excluding carboxylic acids is 2. The summed E-state index contributed by atoms with van der Waals surface area (Å²) in [6.07, 6.45) is 1.37. The molecule has 162 valence electrons. The summed E-state index contributed by atoms with van der Waals surface area (Å²) < 4.78 is 11.5. The third-order valence-corrected chi connectivity index (χ3v) is 6.90. The number of rotatable bonds is 4. The van der Waals surface area contributed by atoms with Crippen molar-refractivity contribution in [2.45, 2.75) is 19.8 Å². The molecule has 30 heavy (non-hydrogen) atoms. The van der Waals surface area contributed by atoms with Gasteiger partial charge in [0.25, 0.3) is 0 Å². The lowest BCUT2D eigenvalue weighted by molar-refractivity contribution is -0.137. The summed E-state index contributed by atoms with van der Waals surface area (Å²) in [5.41, 5.74) is 0.980. The fourth-order valence-corrected chi connectivity index (χ4v) is 5.10. The van der Waals surface area contributed by atoms with E-state index in [1.165, 1.54) is 0 Å². The average Bonchev–Trinajstić information content (AvgIpc) is 3.22. The number of carbonyl (C=O) groups is 2. The van der Waals surface area contributed by atoms with Crippen molar-refractivity contribution in [2.75, 3.05) is 57.9 Å². The molecular weight excluding hydrogens is 404 g/mol. The zero-order valence-corrected chi connectivity index (χ0v) is 18.3. The zero-order chi connectivity index (χ0) is 21.1. The van der Waals surface area contributed by atoms with Crippen LogP contribution in [0.5, 0.6) is 5.75 Å². The summed E-state index contributed by atoms with van der Waals surface area (Å²) in [5, 5.41) is 1.01. The van der Waals surface area contributed by atoms with E-state index in [4.69, 9.17) is 14.5 Å². The van der Waals surface area contributed by atoms with Gasteiger partial charge in [-0.15, -0.1) is 0 Å². The van der Waals surface area contributed by atoms with Crippen molar-refractivity contribution in [1.82, 2.24) is 14.8 Å². The van der Waals surface area contributed by atoms with Gasteiger partial charge in [0, 0.05) is 45.2 Å². The van der Waals surface area contributed by atoms with Gasteiger partial charge in [-0.05, 0) is 38.0 Å². The molecule has 0 saturated carbocycles. The molecule has 2 aromatic rings. The number of aromatic nitrogens is 1. The number of ether oxygens (including phenoxy) is 2. The summed E-state index contributed by atoms with van der Waals surface area (Å²) >= 11 is 1.67. The summed E-state index contributed by atoms with van der Waals surface area (Å²) in [7, 11) is 1.67. The second-order valence-electron chi connectivity index (χ2n) is 7.60. The normalized spacial score (nSPS) is 18.0. The monoisotopic (exact) mass is 432 g/mol. The Kier molecular flexibility index (Phi) is 6.26. The molecule has 2 fully saturated rings. The summed E-state index contributed by atoms with van der Waals surface area (Å²) in [4.78, 5) is 35.4. The van der Waals surface area contributed by atoms with Gasteiger partial charge in [-0.25, -0.2) is 9.78 Å². The number of piperidine rings is 1. The van der Waals surface area contributed by atoms with E-state index < -0.39 is 0 Å². The van der Waals surface area contributed by atoms with Gasteiger partial charge in [-0.2, -0.15) is 0 Å². The highest BCUT2D eigenvalue weighted by Crippen LogP contribution is 2.33. The highest BCUT2D eigenvalue weighted by molar-refractivity contribution is 7.22. The molecule has 0 radical (unpaired) electrons. The van der Waals surface area contributed by atoms with Gasteiger partial charge >= 0.3 is 6.09 Å². The van der Waals surface area contributed by atoms with E-state index in [0.717, 1.165) is 47.0 Å². The van der Waals surface area contributed by atoms with Crippen LogP contribution in [0.3, 0.4) is 0 Å². The number of benzene rings is 1. The molecule has 0 spiro atoms. The number of fused-ring (bicyclic) bond motifs is 1. The number of piperazine rings is 1. The first kappa shape index (κ1) is 20.7. The number of nitrogens with zero attached hydrogens (tertiary/aromatic N) is 4. The van der Waals surface area contributed by atoms with Crippen LogP contribution in [0, 0.1) is 5.92 Å². The molecular formula is C21H28N4O4S. The molecule has 1 aromatic carbocycles. The van der Waals surface area contributed by atoms with Crippen LogP contribution in [0.2, 0.25) is 0 Å². The van der Waals surface area contributed by atoms with Crippen LogP contribution in [0.4, 0.5) is 9.93 Å². The van der Waals surface area contributed by atoms with Crippen LogP contribution < -0.4 is 9.64 Å². The molecule has 4 rings (SSSR count).